The van der Waals surface area contributed by atoms with Crippen molar-refractivity contribution < 1.29 is 22.5 Å². The summed E-state index contributed by atoms with van der Waals surface area (Å²) in [5.74, 6) is -1.28. The highest BCUT2D eigenvalue weighted by molar-refractivity contribution is 7.85. The van der Waals surface area contributed by atoms with Gasteiger partial charge in [0.05, 0.1) is 5.75 Å². The van der Waals surface area contributed by atoms with Gasteiger partial charge in [-0.1, -0.05) is 18.7 Å². The Balaban J connectivity index is 3.85. The Morgan fingerprint density at radius 1 is 1.54 bits per heavy atom. The van der Waals surface area contributed by atoms with Gasteiger partial charge >= 0.3 is 5.97 Å². The fourth-order valence-electron chi connectivity index (χ4n) is 0.455. The maximum Gasteiger partial charge on any atom is 0.330 e. The minimum atomic E-state index is -4.06. The fraction of sp³-hybridized carbons (Fsp3) is 0.286. The van der Waals surface area contributed by atoms with Gasteiger partial charge in [0, 0.05) is 6.08 Å². The second-order valence-corrected chi connectivity index (χ2v) is 3.57. The molecular formula is C7H10O5S. The van der Waals surface area contributed by atoms with Crippen LogP contribution in [0.4, 0.5) is 0 Å². The number of hydrogen-bond acceptors (Lipinski definition) is 4. The molecule has 0 heterocycles. The Morgan fingerprint density at radius 3 is 2.62 bits per heavy atom. The molecule has 0 radical (unpaired) electrons. The Morgan fingerprint density at radius 2 is 2.15 bits per heavy atom. The van der Waals surface area contributed by atoms with Crippen molar-refractivity contribution in [3.63, 3.8) is 0 Å². The van der Waals surface area contributed by atoms with Crippen molar-refractivity contribution >= 4 is 16.1 Å². The lowest BCUT2D eigenvalue weighted by Gasteiger charge is -1.94. The van der Waals surface area contributed by atoms with Crippen LogP contribution in [-0.4, -0.2) is 31.3 Å². The maximum absolute atomic E-state index is 10.7. The molecule has 0 aromatic carbocycles. The van der Waals surface area contributed by atoms with Crippen molar-refractivity contribution in [2.45, 2.75) is 0 Å². The van der Waals surface area contributed by atoms with Crippen LogP contribution < -0.4 is 0 Å². The van der Waals surface area contributed by atoms with Gasteiger partial charge in [-0.05, 0) is 0 Å². The van der Waals surface area contributed by atoms with E-state index in [0.717, 1.165) is 12.2 Å². The predicted octanol–water partition coefficient (Wildman–Crippen LogP) is 0.160. The van der Waals surface area contributed by atoms with Crippen LogP contribution in [0.3, 0.4) is 0 Å². The highest BCUT2D eigenvalue weighted by Crippen LogP contribution is 1.86. The Kier molecular flexibility index (Phi) is 5.01. The van der Waals surface area contributed by atoms with Crippen molar-refractivity contribution in [1.29, 1.82) is 0 Å². The molecule has 0 atom stereocenters. The van der Waals surface area contributed by atoms with E-state index in [4.69, 9.17) is 4.55 Å². The zero-order chi connectivity index (χ0) is 10.3. The smallest absolute Gasteiger partial charge is 0.330 e. The molecule has 0 aliphatic heterocycles. The van der Waals surface area contributed by atoms with Gasteiger partial charge in [-0.15, -0.1) is 0 Å². The highest BCUT2D eigenvalue weighted by Gasteiger charge is 2.00. The molecule has 0 aromatic heterocycles. The van der Waals surface area contributed by atoms with Gasteiger partial charge < -0.3 is 4.74 Å². The van der Waals surface area contributed by atoms with Crippen molar-refractivity contribution in [3.8, 4) is 0 Å². The normalized spacial score (nSPS) is 11.5. The van der Waals surface area contributed by atoms with Crippen LogP contribution in [0.2, 0.25) is 0 Å². The molecule has 6 heteroatoms. The molecule has 0 amide bonds. The number of esters is 1. The minimum Gasteiger partial charge on any atom is -0.458 e. The molecule has 0 fully saturated rings. The second-order valence-electron chi connectivity index (χ2n) is 2.07. The molecule has 5 nitrogen and oxygen atoms in total. The summed E-state index contributed by atoms with van der Waals surface area (Å²) in [6.45, 7) is 3.38. The van der Waals surface area contributed by atoms with Gasteiger partial charge in [0.1, 0.15) is 6.61 Å². The van der Waals surface area contributed by atoms with Crippen molar-refractivity contribution in [3.05, 3.63) is 24.8 Å². The Bertz CT molecular complexity index is 301. The first-order valence-corrected chi connectivity index (χ1v) is 4.96. The molecule has 0 aliphatic carbocycles. The van der Waals surface area contributed by atoms with Crippen LogP contribution in [-0.2, 0) is 19.6 Å². The lowest BCUT2D eigenvalue weighted by atomic mass is 10.5. The third kappa shape index (κ3) is 8.77. The summed E-state index contributed by atoms with van der Waals surface area (Å²) in [6, 6.07) is 0. The molecule has 0 rings (SSSR count). The molecule has 0 spiro atoms. The lowest BCUT2D eigenvalue weighted by molar-refractivity contribution is -0.136. The Hall–Kier alpha value is -1.14. The van der Waals surface area contributed by atoms with Crippen LogP contribution in [0.15, 0.2) is 24.8 Å². The number of hydrogen-bond donors (Lipinski definition) is 1. The molecule has 13 heavy (non-hydrogen) atoms. The van der Waals surface area contributed by atoms with E-state index >= 15 is 0 Å². The van der Waals surface area contributed by atoms with Crippen LogP contribution >= 0.6 is 0 Å². The van der Waals surface area contributed by atoms with Gasteiger partial charge in [0.25, 0.3) is 10.1 Å². The molecule has 1 N–H and O–H groups in total. The minimum absolute atomic E-state index is 0.0645. The molecular weight excluding hydrogens is 196 g/mol. The van der Waals surface area contributed by atoms with Crippen LogP contribution in [0.5, 0.6) is 0 Å². The van der Waals surface area contributed by atoms with Gasteiger partial charge in [-0.2, -0.15) is 8.42 Å². The highest BCUT2D eigenvalue weighted by atomic mass is 32.2. The standard InChI is InChI=1S/C7H10O5S/c1-2-5-12-7(8)4-3-6-13(9,10)11/h2-4H,1,5-6H2,(H,9,10,11). The first kappa shape index (κ1) is 11.9. The van der Waals surface area contributed by atoms with Crippen LogP contribution in [0, 0.1) is 0 Å². The molecule has 0 saturated heterocycles. The summed E-state index contributed by atoms with van der Waals surface area (Å²) in [5.41, 5.74) is 0. The maximum atomic E-state index is 10.7. The van der Waals surface area contributed by atoms with E-state index in [2.05, 4.69) is 11.3 Å². The average Bonchev–Trinajstić information content (AvgIpc) is 1.98. The van der Waals surface area contributed by atoms with Gasteiger partial charge in [-0.3, -0.25) is 4.55 Å². The number of ether oxygens (including phenoxy) is 1. The van der Waals surface area contributed by atoms with E-state index in [9.17, 15) is 13.2 Å². The summed E-state index contributed by atoms with van der Waals surface area (Å²) in [7, 11) is -4.06. The second kappa shape index (κ2) is 5.50. The third-order valence-electron chi connectivity index (χ3n) is 0.904. The Labute approximate surface area is 76.5 Å². The van der Waals surface area contributed by atoms with E-state index in [0.29, 0.717) is 0 Å². The van der Waals surface area contributed by atoms with Gasteiger partial charge in [0.15, 0.2) is 0 Å². The van der Waals surface area contributed by atoms with E-state index in [1.807, 2.05) is 0 Å². The average molecular weight is 206 g/mol. The van der Waals surface area contributed by atoms with Crippen molar-refractivity contribution in [1.82, 2.24) is 0 Å². The van der Waals surface area contributed by atoms with E-state index in [1.54, 1.807) is 0 Å². The quantitative estimate of drug-likeness (QED) is 0.300. The van der Waals surface area contributed by atoms with Crippen LogP contribution in [0.25, 0.3) is 0 Å². The van der Waals surface area contributed by atoms with Crippen molar-refractivity contribution in [2.24, 2.45) is 0 Å². The summed E-state index contributed by atoms with van der Waals surface area (Å²) < 4.78 is 33.1. The summed E-state index contributed by atoms with van der Waals surface area (Å²) in [4.78, 5) is 10.7. The van der Waals surface area contributed by atoms with Crippen molar-refractivity contribution in [2.75, 3.05) is 12.4 Å². The lowest BCUT2D eigenvalue weighted by Crippen LogP contribution is -2.03. The first-order chi connectivity index (χ1) is 5.95. The summed E-state index contributed by atoms with van der Waals surface area (Å²) in [6.07, 6.45) is 3.31. The van der Waals surface area contributed by atoms with E-state index in [1.165, 1.54) is 6.08 Å². The molecule has 0 aliphatic rings. The molecule has 0 aromatic rings. The van der Waals surface area contributed by atoms with Crippen LogP contribution in [0.1, 0.15) is 0 Å². The topological polar surface area (TPSA) is 80.7 Å². The largest absolute Gasteiger partial charge is 0.458 e. The summed E-state index contributed by atoms with van der Waals surface area (Å²) in [5, 5.41) is 0. The first-order valence-electron chi connectivity index (χ1n) is 3.35. The SMILES string of the molecule is C=CCOC(=O)C=CCS(=O)(=O)O. The third-order valence-corrected chi connectivity index (χ3v) is 1.52. The molecule has 0 bridgehead atoms. The van der Waals surface area contributed by atoms with Gasteiger partial charge in [0.2, 0.25) is 0 Å². The number of carbonyl (C=O) groups is 1. The molecule has 0 saturated carbocycles. The monoisotopic (exact) mass is 206 g/mol. The zero-order valence-corrected chi connectivity index (χ0v) is 7.66. The number of carbonyl (C=O) groups excluding carboxylic acids is 1. The predicted molar refractivity (Wildman–Crippen MR) is 46.7 cm³/mol. The fourth-order valence-corrected chi connectivity index (χ4v) is 0.795. The number of rotatable bonds is 5. The van der Waals surface area contributed by atoms with Gasteiger partial charge in [-0.25, -0.2) is 4.79 Å². The molecule has 0 unspecified atom stereocenters. The zero-order valence-electron chi connectivity index (χ0n) is 6.84. The van der Waals surface area contributed by atoms with E-state index in [-0.39, 0.29) is 6.61 Å². The summed E-state index contributed by atoms with van der Waals surface area (Å²) >= 11 is 0. The van der Waals surface area contributed by atoms with E-state index < -0.39 is 21.8 Å². The molecule has 74 valence electrons.